The molecule has 0 aromatic heterocycles. The fraction of sp³-hybridized carbons (Fsp3) is 0.111. The van der Waals surface area contributed by atoms with Crippen molar-refractivity contribution in [2.75, 3.05) is 7.05 Å². The van der Waals surface area contributed by atoms with Crippen molar-refractivity contribution < 1.29 is 14.0 Å². The molecular weight excluding hydrogens is 223 g/mol. The van der Waals surface area contributed by atoms with E-state index in [0.29, 0.717) is 5.56 Å². The molecule has 1 rings (SSSR count). The van der Waals surface area contributed by atoms with Crippen LogP contribution < -0.4 is 5.32 Å². The van der Waals surface area contributed by atoms with E-state index >= 15 is 0 Å². The summed E-state index contributed by atoms with van der Waals surface area (Å²) in [5.41, 5.74) is 0.533. The molecule has 0 atom stereocenters. The Balaban J connectivity index is 2.65. The van der Waals surface area contributed by atoms with E-state index in [9.17, 15) is 9.18 Å². The van der Waals surface area contributed by atoms with Crippen molar-refractivity contribution in [3.8, 4) is 0 Å². The Kier molecular flexibility index (Phi) is 4.05. The molecule has 1 amide bonds. The van der Waals surface area contributed by atoms with E-state index in [4.69, 9.17) is 11.6 Å². The summed E-state index contributed by atoms with van der Waals surface area (Å²) >= 11 is 5.53. The number of hydrogen-bond acceptors (Lipinski definition) is 3. The zero-order chi connectivity index (χ0) is 11.3. The van der Waals surface area contributed by atoms with Crippen LogP contribution in [0, 0.1) is 5.82 Å². The van der Waals surface area contributed by atoms with Crippen molar-refractivity contribution in [3.63, 3.8) is 0 Å². The highest BCUT2D eigenvalue weighted by Crippen LogP contribution is 2.14. The second-order valence-electron chi connectivity index (χ2n) is 2.54. The molecule has 0 aliphatic heterocycles. The monoisotopic (exact) mass is 230 g/mol. The van der Waals surface area contributed by atoms with Gasteiger partial charge in [0.25, 0.3) is 0 Å². The molecule has 1 aromatic rings. The van der Waals surface area contributed by atoms with Gasteiger partial charge in [0.05, 0.1) is 11.2 Å². The van der Waals surface area contributed by atoms with Crippen LogP contribution in [0.25, 0.3) is 0 Å². The Morgan fingerprint density at radius 2 is 2.40 bits per heavy atom. The van der Waals surface area contributed by atoms with Crippen LogP contribution in [0.1, 0.15) is 5.56 Å². The van der Waals surface area contributed by atoms with Gasteiger partial charge in [0, 0.05) is 7.05 Å². The summed E-state index contributed by atoms with van der Waals surface area (Å²) in [5, 5.41) is 5.56. The predicted octanol–water partition coefficient (Wildman–Crippen LogP) is 2.17. The van der Waals surface area contributed by atoms with Crippen LogP contribution in [0.4, 0.5) is 9.18 Å². The number of carbonyl (C=O) groups excluding carboxylic acids is 1. The molecule has 1 aromatic carbocycles. The van der Waals surface area contributed by atoms with Gasteiger partial charge in [0.1, 0.15) is 5.82 Å². The summed E-state index contributed by atoms with van der Waals surface area (Å²) in [4.78, 5) is 14.9. The van der Waals surface area contributed by atoms with E-state index in [1.807, 2.05) is 0 Å². The second kappa shape index (κ2) is 5.31. The first-order valence-electron chi connectivity index (χ1n) is 4.00. The highest BCUT2D eigenvalue weighted by atomic mass is 35.5. The summed E-state index contributed by atoms with van der Waals surface area (Å²) < 4.78 is 12.7. The van der Waals surface area contributed by atoms with E-state index < -0.39 is 11.9 Å². The van der Waals surface area contributed by atoms with Crippen molar-refractivity contribution in [3.05, 3.63) is 34.6 Å². The van der Waals surface area contributed by atoms with Gasteiger partial charge in [-0.3, -0.25) is 4.84 Å². The summed E-state index contributed by atoms with van der Waals surface area (Å²) in [6, 6.07) is 4.02. The van der Waals surface area contributed by atoms with Gasteiger partial charge < -0.3 is 5.32 Å². The SMILES string of the molecule is CNC(=O)O/N=C/c1ccc(F)c(Cl)c1. The Labute approximate surface area is 90.7 Å². The van der Waals surface area contributed by atoms with Gasteiger partial charge in [0.2, 0.25) is 0 Å². The lowest BCUT2D eigenvalue weighted by Crippen LogP contribution is -2.16. The smallest absolute Gasteiger partial charge is 0.323 e. The van der Waals surface area contributed by atoms with Gasteiger partial charge in [-0.15, -0.1) is 0 Å². The molecule has 0 unspecified atom stereocenters. The predicted molar refractivity (Wildman–Crippen MR) is 54.5 cm³/mol. The first kappa shape index (κ1) is 11.5. The normalized spacial score (nSPS) is 10.3. The van der Waals surface area contributed by atoms with Gasteiger partial charge in [-0.1, -0.05) is 22.8 Å². The molecule has 0 radical (unpaired) electrons. The standard InChI is InChI=1S/C9H8ClFN2O2/c1-12-9(14)15-13-5-6-2-3-8(11)7(10)4-6/h2-5H,1H3,(H,12,14)/b13-5+. The van der Waals surface area contributed by atoms with E-state index in [-0.39, 0.29) is 5.02 Å². The summed E-state index contributed by atoms with van der Waals surface area (Å²) in [6.07, 6.45) is 0.569. The lowest BCUT2D eigenvalue weighted by atomic mass is 10.2. The highest BCUT2D eigenvalue weighted by molar-refractivity contribution is 6.31. The molecule has 15 heavy (non-hydrogen) atoms. The number of nitrogens with zero attached hydrogens (tertiary/aromatic N) is 1. The average Bonchev–Trinajstić information content (AvgIpc) is 2.23. The van der Waals surface area contributed by atoms with Crippen molar-refractivity contribution >= 4 is 23.9 Å². The molecule has 0 aliphatic carbocycles. The summed E-state index contributed by atoms with van der Waals surface area (Å²) in [5.74, 6) is -0.513. The van der Waals surface area contributed by atoms with Crippen molar-refractivity contribution in [1.82, 2.24) is 5.32 Å². The number of halogens is 2. The van der Waals surface area contributed by atoms with E-state index in [1.165, 1.54) is 31.5 Å². The van der Waals surface area contributed by atoms with Crippen LogP contribution in [0.3, 0.4) is 0 Å². The van der Waals surface area contributed by atoms with Crippen molar-refractivity contribution in [2.45, 2.75) is 0 Å². The quantitative estimate of drug-likeness (QED) is 0.481. The van der Waals surface area contributed by atoms with Crippen LogP contribution >= 0.6 is 11.6 Å². The molecule has 0 saturated carbocycles. The van der Waals surface area contributed by atoms with Gasteiger partial charge in [-0.2, -0.15) is 0 Å². The van der Waals surface area contributed by atoms with Gasteiger partial charge in [0.15, 0.2) is 0 Å². The van der Waals surface area contributed by atoms with Gasteiger partial charge in [-0.05, 0) is 17.7 Å². The molecule has 0 fully saturated rings. The minimum absolute atomic E-state index is 0.0149. The maximum absolute atomic E-state index is 12.7. The van der Waals surface area contributed by atoms with E-state index in [2.05, 4.69) is 15.3 Å². The highest BCUT2D eigenvalue weighted by Gasteiger charge is 1.99. The Morgan fingerprint density at radius 1 is 1.67 bits per heavy atom. The largest absolute Gasteiger partial charge is 0.433 e. The molecule has 4 nitrogen and oxygen atoms in total. The Hall–Kier alpha value is -1.62. The topological polar surface area (TPSA) is 50.7 Å². The van der Waals surface area contributed by atoms with Crippen LogP contribution in [0.5, 0.6) is 0 Å². The van der Waals surface area contributed by atoms with Crippen LogP contribution in [-0.4, -0.2) is 19.4 Å². The molecule has 80 valence electrons. The van der Waals surface area contributed by atoms with E-state index in [1.54, 1.807) is 0 Å². The van der Waals surface area contributed by atoms with Crippen LogP contribution in [0.15, 0.2) is 23.4 Å². The third-order valence-electron chi connectivity index (χ3n) is 1.49. The molecule has 1 N–H and O–H groups in total. The number of carbonyl (C=O) groups is 1. The second-order valence-corrected chi connectivity index (χ2v) is 2.94. The fourth-order valence-corrected chi connectivity index (χ4v) is 0.962. The Morgan fingerprint density at radius 3 is 3.00 bits per heavy atom. The maximum Gasteiger partial charge on any atom is 0.433 e. The number of amides is 1. The maximum atomic E-state index is 12.7. The first-order chi connectivity index (χ1) is 7.13. The van der Waals surface area contributed by atoms with Crippen LogP contribution in [-0.2, 0) is 4.84 Å². The number of rotatable bonds is 2. The number of oxime groups is 1. The molecule has 0 spiro atoms. The molecule has 0 heterocycles. The third kappa shape index (κ3) is 3.55. The molecule has 6 heteroatoms. The average molecular weight is 231 g/mol. The number of hydrogen-bond donors (Lipinski definition) is 1. The number of nitrogens with one attached hydrogen (secondary N) is 1. The fourth-order valence-electron chi connectivity index (χ4n) is 0.773. The zero-order valence-corrected chi connectivity index (χ0v) is 8.58. The molecular formula is C9H8ClFN2O2. The summed E-state index contributed by atoms with van der Waals surface area (Å²) in [6.45, 7) is 0. The van der Waals surface area contributed by atoms with Gasteiger partial charge in [-0.25, -0.2) is 9.18 Å². The van der Waals surface area contributed by atoms with Crippen molar-refractivity contribution in [2.24, 2.45) is 5.16 Å². The zero-order valence-electron chi connectivity index (χ0n) is 7.83. The molecule has 0 aliphatic rings. The minimum atomic E-state index is -0.681. The van der Waals surface area contributed by atoms with Crippen LogP contribution in [0.2, 0.25) is 5.02 Å². The lowest BCUT2D eigenvalue weighted by Gasteiger charge is -1.96. The number of benzene rings is 1. The minimum Gasteiger partial charge on any atom is -0.323 e. The third-order valence-corrected chi connectivity index (χ3v) is 1.77. The molecule has 0 bridgehead atoms. The van der Waals surface area contributed by atoms with Crippen molar-refractivity contribution in [1.29, 1.82) is 0 Å². The summed E-state index contributed by atoms with van der Waals surface area (Å²) in [7, 11) is 1.41. The Bertz CT molecular complexity index is 396. The van der Waals surface area contributed by atoms with E-state index in [0.717, 1.165) is 0 Å². The molecule has 0 saturated heterocycles. The lowest BCUT2D eigenvalue weighted by molar-refractivity contribution is 0.154. The first-order valence-corrected chi connectivity index (χ1v) is 4.38. The van der Waals surface area contributed by atoms with Gasteiger partial charge >= 0.3 is 6.09 Å².